The number of aryl methyl sites for hydroxylation is 1. The van der Waals surface area contributed by atoms with Gasteiger partial charge in [-0.15, -0.1) is 0 Å². The summed E-state index contributed by atoms with van der Waals surface area (Å²) in [5.41, 5.74) is 0.395. The smallest absolute Gasteiger partial charge is 0.272 e. The molecule has 1 N–H and O–H groups in total. The number of nitro benzene ring substituents is 1. The topological polar surface area (TPSA) is 112 Å². The van der Waals surface area contributed by atoms with Crippen molar-refractivity contribution in [2.75, 3.05) is 6.54 Å². The van der Waals surface area contributed by atoms with Crippen LogP contribution in [0.15, 0.2) is 18.2 Å². The van der Waals surface area contributed by atoms with E-state index >= 15 is 0 Å². The first kappa shape index (κ1) is 12.6. The van der Waals surface area contributed by atoms with Crippen LogP contribution in [0.4, 0.5) is 5.69 Å². The van der Waals surface area contributed by atoms with Crippen LogP contribution in [0.2, 0.25) is 0 Å². The van der Waals surface area contributed by atoms with E-state index in [1.165, 1.54) is 25.1 Å². The summed E-state index contributed by atoms with van der Waals surface area (Å²) >= 11 is 0. The monoisotopic (exact) mass is 237 g/mol. The zero-order valence-corrected chi connectivity index (χ0v) is 8.93. The van der Waals surface area contributed by atoms with Gasteiger partial charge in [-0.3, -0.25) is 14.9 Å². The third-order valence-corrected chi connectivity index (χ3v) is 2.05. The van der Waals surface area contributed by atoms with Crippen molar-refractivity contribution in [3.8, 4) is 0 Å². The molecule has 0 aliphatic heterocycles. The molecule has 1 amide bonds. The van der Waals surface area contributed by atoms with Gasteiger partial charge in [0, 0.05) is 17.2 Å². The van der Waals surface area contributed by atoms with Crippen molar-refractivity contribution in [1.29, 1.82) is 0 Å². The Hall–Kier alpha value is -2.44. The maximum atomic E-state index is 11.4. The number of hydrogen-bond acceptors (Lipinski definition) is 5. The summed E-state index contributed by atoms with van der Waals surface area (Å²) in [5.74, 6) is -2.02. The predicted octanol–water partition coefficient (Wildman–Crippen LogP) is -0.617. The zero-order valence-electron chi connectivity index (χ0n) is 8.93. The van der Waals surface area contributed by atoms with Gasteiger partial charge in [-0.1, -0.05) is 0 Å². The third-order valence-electron chi connectivity index (χ3n) is 2.05. The van der Waals surface area contributed by atoms with Crippen LogP contribution < -0.4 is 10.4 Å². The molecular formula is C10H9N2O5-. The van der Waals surface area contributed by atoms with E-state index in [0.29, 0.717) is 5.56 Å². The average Bonchev–Trinajstić information content (AvgIpc) is 2.25. The minimum absolute atomic E-state index is 0.0959. The standard InChI is InChI=1S/C10H10N2O5/c1-6-4-7(2-3-8(6)12(16)17)10(15)11-5-9(13)14/h2-4H,5H2,1H3,(H,11,15)(H,13,14)/p-1. The fraction of sp³-hybridized carbons (Fsp3) is 0.200. The van der Waals surface area contributed by atoms with Crippen LogP contribution in [-0.4, -0.2) is 23.3 Å². The Labute approximate surface area is 96.2 Å². The van der Waals surface area contributed by atoms with Crippen molar-refractivity contribution in [3.05, 3.63) is 39.4 Å². The van der Waals surface area contributed by atoms with E-state index in [9.17, 15) is 24.8 Å². The second-order valence-electron chi connectivity index (χ2n) is 3.31. The van der Waals surface area contributed by atoms with Gasteiger partial charge in [0.1, 0.15) is 0 Å². The Morgan fingerprint density at radius 1 is 1.41 bits per heavy atom. The highest BCUT2D eigenvalue weighted by Crippen LogP contribution is 2.18. The van der Waals surface area contributed by atoms with Gasteiger partial charge in [0.05, 0.1) is 17.4 Å². The summed E-state index contributed by atoms with van der Waals surface area (Å²) in [6, 6.07) is 3.78. The molecule has 0 aromatic heterocycles. The van der Waals surface area contributed by atoms with Gasteiger partial charge in [0.15, 0.2) is 0 Å². The lowest BCUT2D eigenvalue weighted by molar-refractivity contribution is -0.385. The molecule has 0 fully saturated rings. The number of amides is 1. The molecule has 0 spiro atoms. The molecule has 7 nitrogen and oxygen atoms in total. The lowest BCUT2D eigenvalue weighted by Crippen LogP contribution is -2.37. The molecule has 0 heterocycles. The Morgan fingerprint density at radius 2 is 2.06 bits per heavy atom. The molecule has 0 saturated heterocycles. The van der Waals surface area contributed by atoms with Crippen LogP contribution in [0.25, 0.3) is 0 Å². The number of carboxylic acid groups (broad SMARTS) is 1. The Morgan fingerprint density at radius 3 is 2.53 bits per heavy atom. The summed E-state index contributed by atoms with van der Waals surface area (Å²) in [7, 11) is 0. The van der Waals surface area contributed by atoms with Crippen LogP contribution in [0.1, 0.15) is 15.9 Å². The number of carbonyl (C=O) groups is 2. The molecule has 0 atom stereocenters. The highest BCUT2D eigenvalue weighted by Gasteiger charge is 2.13. The maximum Gasteiger partial charge on any atom is 0.272 e. The van der Waals surface area contributed by atoms with Gasteiger partial charge < -0.3 is 15.2 Å². The largest absolute Gasteiger partial charge is 0.548 e. The minimum Gasteiger partial charge on any atom is -0.548 e. The average molecular weight is 237 g/mol. The van der Waals surface area contributed by atoms with Crippen LogP contribution >= 0.6 is 0 Å². The molecule has 1 rings (SSSR count). The molecule has 0 unspecified atom stereocenters. The molecule has 0 bridgehead atoms. The Kier molecular flexibility index (Phi) is 3.76. The van der Waals surface area contributed by atoms with E-state index in [2.05, 4.69) is 5.32 Å². The fourth-order valence-electron chi connectivity index (χ4n) is 1.26. The van der Waals surface area contributed by atoms with Crippen LogP contribution in [0.5, 0.6) is 0 Å². The number of carboxylic acids is 1. The number of aliphatic carboxylic acids is 1. The SMILES string of the molecule is Cc1cc(C(=O)NCC(=O)[O-])ccc1[N+](=O)[O-]. The van der Waals surface area contributed by atoms with E-state index in [-0.39, 0.29) is 11.3 Å². The van der Waals surface area contributed by atoms with Crippen LogP contribution in [0.3, 0.4) is 0 Å². The second kappa shape index (κ2) is 5.06. The second-order valence-corrected chi connectivity index (χ2v) is 3.31. The Bertz CT molecular complexity index is 484. The lowest BCUT2D eigenvalue weighted by atomic mass is 10.1. The molecule has 0 aliphatic rings. The van der Waals surface area contributed by atoms with E-state index in [0.717, 1.165) is 0 Å². The van der Waals surface area contributed by atoms with Gasteiger partial charge >= 0.3 is 0 Å². The fourth-order valence-corrected chi connectivity index (χ4v) is 1.26. The quantitative estimate of drug-likeness (QED) is 0.554. The summed E-state index contributed by atoms with van der Waals surface area (Å²) in [5, 5.41) is 22.8. The Balaban J connectivity index is 2.86. The van der Waals surface area contributed by atoms with Crippen molar-refractivity contribution in [1.82, 2.24) is 5.32 Å². The summed E-state index contributed by atoms with van der Waals surface area (Å²) < 4.78 is 0. The van der Waals surface area contributed by atoms with Crippen molar-refractivity contribution in [3.63, 3.8) is 0 Å². The molecule has 90 valence electrons. The van der Waals surface area contributed by atoms with Gasteiger partial charge in [-0.2, -0.15) is 0 Å². The van der Waals surface area contributed by atoms with Crippen LogP contribution in [-0.2, 0) is 4.79 Å². The van der Waals surface area contributed by atoms with E-state index in [1.807, 2.05) is 0 Å². The molecule has 0 aliphatic carbocycles. The van der Waals surface area contributed by atoms with E-state index < -0.39 is 23.3 Å². The number of rotatable bonds is 4. The maximum absolute atomic E-state index is 11.4. The summed E-state index contributed by atoms with van der Waals surface area (Å²) in [6.45, 7) is 0.891. The molecule has 7 heteroatoms. The number of hydrogen-bond donors (Lipinski definition) is 1. The van der Waals surface area contributed by atoms with E-state index in [4.69, 9.17) is 0 Å². The molecule has 1 aromatic carbocycles. The molecule has 0 saturated carbocycles. The highest BCUT2D eigenvalue weighted by molar-refractivity contribution is 5.96. The number of nitro groups is 1. The zero-order chi connectivity index (χ0) is 13.0. The van der Waals surface area contributed by atoms with Crippen LogP contribution in [0, 0.1) is 17.0 Å². The first-order valence-electron chi connectivity index (χ1n) is 4.65. The van der Waals surface area contributed by atoms with Crippen molar-refractivity contribution in [2.45, 2.75) is 6.92 Å². The number of nitrogens with zero attached hydrogens (tertiary/aromatic N) is 1. The molecule has 1 aromatic rings. The number of carbonyl (C=O) groups excluding carboxylic acids is 2. The van der Waals surface area contributed by atoms with Crippen molar-refractivity contribution >= 4 is 17.6 Å². The summed E-state index contributed by atoms with van der Waals surface area (Å²) in [4.78, 5) is 31.5. The molecular weight excluding hydrogens is 228 g/mol. The van der Waals surface area contributed by atoms with Crippen molar-refractivity contribution in [2.24, 2.45) is 0 Å². The first-order chi connectivity index (χ1) is 7.91. The van der Waals surface area contributed by atoms with Gasteiger partial charge in [-0.25, -0.2) is 0 Å². The normalized spacial score (nSPS) is 9.71. The van der Waals surface area contributed by atoms with Crippen molar-refractivity contribution < 1.29 is 19.6 Å². The first-order valence-corrected chi connectivity index (χ1v) is 4.65. The third kappa shape index (κ3) is 3.26. The predicted molar refractivity (Wildman–Crippen MR) is 55.2 cm³/mol. The highest BCUT2D eigenvalue weighted by atomic mass is 16.6. The lowest BCUT2D eigenvalue weighted by Gasteiger charge is -2.06. The molecule has 17 heavy (non-hydrogen) atoms. The van der Waals surface area contributed by atoms with Gasteiger partial charge in [-0.05, 0) is 19.1 Å². The summed E-state index contributed by atoms with van der Waals surface area (Å²) in [6.07, 6.45) is 0. The van der Waals surface area contributed by atoms with Gasteiger partial charge in [0.2, 0.25) is 0 Å². The minimum atomic E-state index is -1.41. The number of benzene rings is 1. The number of nitrogens with one attached hydrogen (secondary N) is 1. The van der Waals surface area contributed by atoms with Gasteiger partial charge in [0.25, 0.3) is 11.6 Å². The molecule has 0 radical (unpaired) electrons. The van der Waals surface area contributed by atoms with E-state index in [1.54, 1.807) is 0 Å².